The molecule has 0 unspecified atom stereocenters. The van der Waals surface area contributed by atoms with E-state index in [2.05, 4.69) is 20.1 Å². The van der Waals surface area contributed by atoms with Crippen LogP contribution < -0.4 is 0 Å². The molecule has 0 saturated carbocycles. The molecule has 5 rings (SSSR count). The van der Waals surface area contributed by atoms with Gasteiger partial charge in [0.2, 0.25) is 5.91 Å². The van der Waals surface area contributed by atoms with Gasteiger partial charge in [0.05, 0.1) is 16.9 Å². The molecule has 3 aromatic heterocycles. The smallest absolute Gasteiger partial charge is 0.244 e. The molecule has 4 aromatic rings. The highest BCUT2D eigenvalue weighted by atomic mass is 32.1. The van der Waals surface area contributed by atoms with Gasteiger partial charge in [0.15, 0.2) is 11.6 Å². The van der Waals surface area contributed by atoms with Crippen LogP contribution in [0.15, 0.2) is 42.6 Å². The number of fused-ring (bicyclic) bond motifs is 1. The number of nitrogens with zero attached hydrogens (tertiary/aromatic N) is 6. The maximum Gasteiger partial charge on any atom is 0.244 e. The van der Waals surface area contributed by atoms with E-state index in [-0.39, 0.29) is 24.1 Å². The molecule has 1 amide bonds. The summed E-state index contributed by atoms with van der Waals surface area (Å²) in [6, 6.07) is 8.58. The number of thiazole rings is 1. The van der Waals surface area contributed by atoms with Crippen molar-refractivity contribution < 1.29 is 13.6 Å². The number of benzene rings is 1. The van der Waals surface area contributed by atoms with E-state index in [9.17, 15) is 13.6 Å². The lowest BCUT2D eigenvalue weighted by Gasteiger charge is -2.20. The first kappa shape index (κ1) is 21.3. The Hall–Kier alpha value is -3.53. The predicted octanol–water partition coefficient (Wildman–Crippen LogP) is 3.68. The Morgan fingerprint density at radius 2 is 1.79 bits per heavy atom. The highest BCUT2D eigenvalue weighted by molar-refractivity contribution is 7.11. The summed E-state index contributed by atoms with van der Waals surface area (Å²) in [5, 5.41) is 5.53. The SMILES string of the molecule is Cc1nc2c(s1)CCN(C(=O)Cn1nc(-c3ccc(F)cn3)nc1-c1ccc(F)cc1)CC2. The average Bonchev–Trinajstić information content (AvgIpc) is 3.32. The Labute approximate surface area is 192 Å². The summed E-state index contributed by atoms with van der Waals surface area (Å²) in [5.41, 5.74) is 2.07. The molecule has 168 valence electrons. The van der Waals surface area contributed by atoms with Gasteiger partial charge in [0, 0.05) is 36.4 Å². The maximum absolute atomic E-state index is 13.5. The molecule has 0 fully saturated rings. The number of pyridine rings is 1. The Morgan fingerprint density at radius 1 is 1.03 bits per heavy atom. The maximum atomic E-state index is 13.5. The van der Waals surface area contributed by atoms with Gasteiger partial charge in [0.25, 0.3) is 0 Å². The monoisotopic (exact) mass is 466 g/mol. The van der Waals surface area contributed by atoms with E-state index in [1.807, 2.05) is 11.8 Å². The Kier molecular flexibility index (Phi) is 5.67. The zero-order chi connectivity index (χ0) is 22.9. The fraction of sp³-hybridized carbons (Fsp3) is 0.261. The first-order valence-electron chi connectivity index (χ1n) is 10.5. The summed E-state index contributed by atoms with van der Waals surface area (Å²) in [4.78, 5) is 29.4. The van der Waals surface area contributed by atoms with Crippen LogP contribution in [0.1, 0.15) is 15.6 Å². The number of amides is 1. The largest absolute Gasteiger partial charge is 0.340 e. The third-order valence-corrected chi connectivity index (χ3v) is 6.55. The molecular weight excluding hydrogens is 446 g/mol. The summed E-state index contributed by atoms with van der Waals surface area (Å²) in [6.45, 7) is 3.17. The van der Waals surface area contributed by atoms with Crippen molar-refractivity contribution in [3.05, 3.63) is 69.8 Å². The highest BCUT2D eigenvalue weighted by Gasteiger charge is 2.23. The van der Waals surface area contributed by atoms with Gasteiger partial charge >= 0.3 is 0 Å². The van der Waals surface area contributed by atoms with Crippen LogP contribution in [0.3, 0.4) is 0 Å². The average molecular weight is 467 g/mol. The van der Waals surface area contributed by atoms with Gasteiger partial charge < -0.3 is 4.90 Å². The van der Waals surface area contributed by atoms with Gasteiger partial charge in [-0.05, 0) is 43.3 Å². The van der Waals surface area contributed by atoms with Crippen molar-refractivity contribution in [1.29, 1.82) is 0 Å². The number of halogens is 2. The van der Waals surface area contributed by atoms with Crippen LogP contribution in [0.25, 0.3) is 22.9 Å². The van der Waals surface area contributed by atoms with E-state index in [4.69, 9.17) is 0 Å². The second-order valence-electron chi connectivity index (χ2n) is 7.77. The lowest BCUT2D eigenvalue weighted by atomic mass is 10.2. The summed E-state index contributed by atoms with van der Waals surface area (Å²) < 4.78 is 28.3. The molecule has 0 saturated heterocycles. The van der Waals surface area contributed by atoms with Crippen LogP contribution >= 0.6 is 11.3 Å². The van der Waals surface area contributed by atoms with Gasteiger partial charge in [-0.3, -0.25) is 4.79 Å². The fourth-order valence-corrected chi connectivity index (χ4v) is 4.82. The standard InChI is InChI=1S/C23H20F2N6OS/c1-14-27-18-8-10-30(11-9-20(18)33-14)21(32)13-31-23(15-2-4-16(24)5-3-15)28-22(29-31)19-7-6-17(25)12-26-19/h2-7,12H,8-11,13H2,1H3. The second kappa shape index (κ2) is 8.78. The molecule has 0 bridgehead atoms. The van der Waals surface area contributed by atoms with Crippen molar-refractivity contribution in [2.24, 2.45) is 0 Å². The molecule has 0 spiro atoms. The van der Waals surface area contributed by atoms with Crippen LogP contribution in [-0.4, -0.2) is 48.6 Å². The van der Waals surface area contributed by atoms with Crippen molar-refractivity contribution in [3.8, 4) is 22.9 Å². The molecule has 1 aliphatic heterocycles. The third kappa shape index (κ3) is 4.51. The number of hydrogen-bond acceptors (Lipinski definition) is 6. The van der Waals surface area contributed by atoms with E-state index in [0.717, 1.165) is 29.7 Å². The van der Waals surface area contributed by atoms with Crippen molar-refractivity contribution in [1.82, 2.24) is 29.6 Å². The van der Waals surface area contributed by atoms with Gasteiger partial charge in [0.1, 0.15) is 23.9 Å². The molecule has 1 aromatic carbocycles. The van der Waals surface area contributed by atoms with E-state index in [0.29, 0.717) is 30.2 Å². The van der Waals surface area contributed by atoms with E-state index >= 15 is 0 Å². The first-order valence-corrected chi connectivity index (χ1v) is 11.3. The molecule has 4 heterocycles. The van der Waals surface area contributed by atoms with E-state index in [1.165, 1.54) is 33.8 Å². The molecular formula is C23H20F2N6OS. The Balaban J connectivity index is 1.42. The summed E-state index contributed by atoms with van der Waals surface area (Å²) in [6.07, 6.45) is 2.59. The number of hydrogen-bond donors (Lipinski definition) is 0. The van der Waals surface area contributed by atoms with Crippen molar-refractivity contribution >= 4 is 17.2 Å². The molecule has 0 N–H and O–H groups in total. The number of aromatic nitrogens is 5. The summed E-state index contributed by atoms with van der Waals surface area (Å²) >= 11 is 1.68. The number of carbonyl (C=O) groups is 1. The van der Waals surface area contributed by atoms with E-state index < -0.39 is 5.82 Å². The van der Waals surface area contributed by atoms with Gasteiger partial charge in [-0.25, -0.2) is 28.4 Å². The minimum absolute atomic E-state index is 0.0268. The minimum Gasteiger partial charge on any atom is -0.340 e. The van der Waals surface area contributed by atoms with Crippen molar-refractivity contribution in [2.45, 2.75) is 26.3 Å². The number of aryl methyl sites for hydroxylation is 1. The van der Waals surface area contributed by atoms with Gasteiger partial charge in [-0.15, -0.1) is 16.4 Å². The molecule has 0 radical (unpaired) electrons. The van der Waals surface area contributed by atoms with Crippen LogP contribution in [0.5, 0.6) is 0 Å². The topological polar surface area (TPSA) is 76.8 Å². The second-order valence-corrected chi connectivity index (χ2v) is 9.06. The van der Waals surface area contributed by atoms with Crippen molar-refractivity contribution in [2.75, 3.05) is 13.1 Å². The van der Waals surface area contributed by atoms with E-state index in [1.54, 1.807) is 23.5 Å². The molecule has 7 nitrogen and oxygen atoms in total. The Morgan fingerprint density at radius 3 is 2.55 bits per heavy atom. The lowest BCUT2D eigenvalue weighted by Crippen LogP contribution is -2.36. The Bertz CT molecular complexity index is 1270. The third-order valence-electron chi connectivity index (χ3n) is 5.48. The molecule has 0 atom stereocenters. The van der Waals surface area contributed by atoms with Gasteiger partial charge in [-0.2, -0.15) is 0 Å². The zero-order valence-electron chi connectivity index (χ0n) is 17.8. The first-order chi connectivity index (χ1) is 16.0. The quantitative estimate of drug-likeness (QED) is 0.459. The number of rotatable bonds is 4. The van der Waals surface area contributed by atoms with Crippen LogP contribution in [0, 0.1) is 18.6 Å². The summed E-state index contributed by atoms with van der Waals surface area (Å²) in [5.74, 6) is -0.252. The zero-order valence-corrected chi connectivity index (χ0v) is 18.6. The molecule has 1 aliphatic rings. The summed E-state index contributed by atoms with van der Waals surface area (Å²) in [7, 11) is 0. The molecule has 0 aliphatic carbocycles. The highest BCUT2D eigenvalue weighted by Crippen LogP contribution is 2.24. The van der Waals surface area contributed by atoms with Crippen molar-refractivity contribution in [3.63, 3.8) is 0 Å². The van der Waals surface area contributed by atoms with Crippen LogP contribution in [0.2, 0.25) is 0 Å². The van der Waals surface area contributed by atoms with Crippen LogP contribution in [-0.2, 0) is 24.2 Å². The van der Waals surface area contributed by atoms with Gasteiger partial charge in [-0.1, -0.05) is 0 Å². The fourth-order valence-electron chi connectivity index (χ4n) is 3.85. The predicted molar refractivity (Wildman–Crippen MR) is 119 cm³/mol. The molecule has 10 heteroatoms. The lowest BCUT2D eigenvalue weighted by molar-refractivity contribution is -0.131. The van der Waals surface area contributed by atoms with Crippen LogP contribution in [0.4, 0.5) is 8.78 Å². The molecule has 33 heavy (non-hydrogen) atoms. The minimum atomic E-state index is -0.466. The number of carbonyl (C=O) groups excluding carboxylic acids is 1. The normalized spacial score (nSPS) is 13.6.